The zero-order valence-corrected chi connectivity index (χ0v) is 30.0. The van der Waals surface area contributed by atoms with Crippen LogP contribution in [0.2, 0.25) is 0 Å². The number of fused-ring (bicyclic) bond motifs is 8. The fourth-order valence-electron chi connectivity index (χ4n) is 8.52. The Bertz CT molecular complexity index is 2950. The molecule has 2 heterocycles. The Balaban J connectivity index is 0.968. The molecule has 0 radical (unpaired) electrons. The standard InChI is InChI=1S/C52H35NO2/c1-2-9-34(10-3-1)35-17-25-40(26-18-35)53(42-29-21-37(22-30-42)43-13-8-16-49-51(43)45-11-4-6-14-47(45)54-49)41-27-19-36(20-28-41)38-23-31-44-39(33-38)24-32-50-52(44)46-12-5-7-15-48(46)55-50/h1-15,17-33,49H,16H2. The lowest BCUT2D eigenvalue weighted by Crippen LogP contribution is -2.14. The van der Waals surface area contributed by atoms with Gasteiger partial charge in [-0.05, 0) is 105 Å². The highest BCUT2D eigenvalue weighted by atomic mass is 16.5. The van der Waals surface area contributed by atoms with Crippen molar-refractivity contribution in [2.24, 2.45) is 0 Å². The zero-order valence-electron chi connectivity index (χ0n) is 30.0. The molecule has 0 saturated carbocycles. The molecule has 8 aromatic carbocycles. The molecule has 1 atom stereocenters. The van der Waals surface area contributed by atoms with Gasteiger partial charge in [0.25, 0.3) is 0 Å². The zero-order chi connectivity index (χ0) is 36.3. The molecule has 1 aliphatic carbocycles. The van der Waals surface area contributed by atoms with E-state index in [0.717, 1.165) is 45.8 Å². The predicted molar refractivity (Wildman–Crippen MR) is 228 cm³/mol. The topological polar surface area (TPSA) is 25.6 Å². The predicted octanol–water partition coefficient (Wildman–Crippen LogP) is 14.2. The minimum Gasteiger partial charge on any atom is -0.485 e. The van der Waals surface area contributed by atoms with Gasteiger partial charge in [0.15, 0.2) is 0 Å². The van der Waals surface area contributed by atoms with Crippen molar-refractivity contribution in [3.63, 3.8) is 0 Å². The quantitative estimate of drug-likeness (QED) is 0.172. The van der Waals surface area contributed by atoms with E-state index in [2.05, 4.69) is 181 Å². The molecule has 0 saturated heterocycles. The van der Waals surface area contributed by atoms with Crippen LogP contribution in [0.25, 0.3) is 66.1 Å². The molecule has 2 aliphatic rings. The molecule has 11 rings (SSSR count). The number of anilines is 3. The van der Waals surface area contributed by atoms with E-state index in [0.29, 0.717) is 0 Å². The highest BCUT2D eigenvalue weighted by molar-refractivity contribution is 6.19. The van der Waals surface area contributed by atoms with E-state index in [4.69, 9.17) is 9.15 Å². The van der Waals surface area contributed by atoms with Crippen molar-refractivity contribution in [2.45, 2.75) is 12.5 Å². The number of allylic oxidation sites excluding steroid dienone is 2. The summed E-state index contributed by atoms with van der Waals surface area (Å²) in [6, 6.07) is 65.1. The van der Waals surface area contributed by atoms with Gasteiger partial charge in [-0.25, -0.2) is 0 Å². The smallest absolute Gasteiger partial charge is 0.136 e. The molecule has 1 aromatic heterocycles. The second-order valence-electron chi connectivity index (χ2n) is 14.4. The van der Waals surface area contributed by atoms with Crippen molar-refractivity contribution in [1.29, 1.82) is 0 Å². The van der Waals surface area contributed by atoms with E-state index in [-0.39, 0.29) is 6.10 Å². The van der Waals surface area contributed by atoms with Crippen molar-refractivity contribution < 1.29 is 9.15 Å². The second kappa shape index (κ2) is 12.8. The van der Waals surface area contributed by atoms with Crippen LogP contribution in [0.5, 0.6) is 5.75 Å². The molecule has 0 spiro atoms. The number of nitrogens with zero attached hydrogens (tertiary/aromatic N) is 1. The van der Waals surface area contributed by atoms with Gasteiger partial charge in [-0.3, -0.25) is 0 Å². The lowest BCUT2D eigenvalue weighted by molar-refractivity contribution is 0.279. The van der Waals surface area contributed by atoms with E-state index in [1.165, 1.54) is 60.7 Å². The summed E-state index contributed by atoms with van der Waals surface area (Å²) in [5.74, 6) is 0.974. The molecule has 55 heavy (non-hydrogen) atoms. The SMILES string of the molecule is C1=CC(c2ccc(N(c3ccc(-c4ccccc4)cc3)c3ccc(-c4ccc5c(ccc6oc7ccccc7c65)c4)cc3)cc2)=C2c3ccccc3OC2C1. The molecule has 1 unspecified atom stereocenters. The lowest BCUT2D eigenvalue weighted by atomic mass is 9.87. The van der Waals surface area contributed by atoms with Crippen LogP contribution in [0.15, 0.2) is 199 Å². The van der Waals surface area contributed by atoms with Gasteiger partial charge in [0.05, 0.1) is 0 Å². The molecule has 3 heteroatoms. The van der Waals surface area contributed by atoms with Crippen molar-refractivity contribution in [3.8, 4) is 28.0 Å². The Hall–Kier alpha value is -7.10. The van der Waals surface area contributed by atoms with Crippen LogP contribution in [0.4, 0.5) is 17.1 Å². The van der Waals surface area contributed by atoms with Crippen LogP contribution in [0, 0.1) is 0 Å². The normalized spacial score (nSPS) is 14.7. The average molecular weight is 706 g/mol. The minimum absolute atomic E-state index is 0.0596. The van der Waals surface area contributed by atoms with Gasteiger partial charge in [-0.1, -0.05) is 133 Å². The van der Waals surface area contributed by atoms with Gasteiger partial charge in [0.1, 0.15) is 23.0 Å². The van der Waals surface area contributed by atoms with Crippen molar-refractivity contribution in [3.05, 3.63) is 205 Å². The maximum atomic E-state index is 6.35. The van der Waals surface area contributed by atoms with Crippen molar-refractivity contribution in [2.75, 3.05) is 4.90 Å². The monoisotopic (exact) mass is 705 g/mol. The van der Waals surface area contributed by atoms with Crippen molar-refractivity contribution in [1.82, 2.24) is 0 Å². The minimum atomic E-state index is 0.0596. The first-order valence-electron chi connectivity index (χ1n) is 18.9. The number of para-hydroxylation sites is 2. The van der Waals surface area contributed by atoms with Crippen LogP contribution in [0.1, 0.15) is 17.5 Å². The fourth-order valence-corrected chi connectivity index (χ4v) is 8.52. The van der Waals surface area contributed by atoms with Gasteiger partial charge in [-0.15, -0.1) is 0 Å². The molecule has 0 amide bonds. The first kappa shape index (κ1) is 31.4. The summed E-state index contributed by atoms with van der Waals surface area (Å²) < 4.78 is 12.5. The summed E-state index contributed by atoms with van der Waals surface area (Å²) in [7, 11) is 0. The van der Waals surface area contributed by atoms with E-state index in [1.54, 1.807) is 0 Å². The van der Waals surface area contributed by atoms with E-state index in [1.807, 2.05) is 18.2 Å². The van der Waals surface area contributed by atoms with E-state index >= 15 is 0 Å². The first-order valence-corrected chi connectivity index (χ1v) is 18.9. The van der Waals surface area contributed by atoms with Crippen molar-refractivity contribution >= 4 is 60.9 Å². The second-order valence-corrected chi connectivity index (χ2v) is 14.4. The molecule has 3 nitrogen and oxygen atoms in total. The third-order valence-corrected chi connectivity index (χ3v) is 11.2. The summed E-state index contributed by atoms with van der Waals surface area (Å²) in [6.45, 7) is 0. The average Bonchev–Trinajstić information content (AvgIpc) is 3.84. The Labute approximate surface area is 319 Å². The highest BCUT2D eigenvalue weighted by Gasteiger charge is 2.32. The largest absolute Gasteiger partial charge is 0.485 e. The van der Waals surface area contributed by atoms with E-state index in [9.17, 15) is 0 Å². The Morgan fingerprint density at radius 2 is 1.09 bits per heavy atom. The summed E-state index contributed by atoms with van der Waals surface area (Å²) in [6.07, 6.45) is 5.45. The molecule has 0 N–H and O–H groups in total. The lowest BCUT2D eigenvalue weighted by Gasteiger charge is -2.26. The first-order chi connectivity index (χ1) is 27.2. The Morgan fingerprint density at radius 3 is 1.85 bits per heavy atom. The fraction of sp³-hybridized carbons (Fsp3) is 0.0385. The number of rotatable bonds is 6. The van der Waals surface area contributed by atoms with Gasteiger partial charge in [0, 0.05) is 45.4 Å². The Kier molecular flexibility index (Phi) is 7.31. The number of ether oxygens (including phenoxy) is 1. The van der Waals surface area contributed by atoms with Gasteiger partial charge in [0.2, 0.25) is 0 Å². The van der Waals surface area contributed by atoms with Crippen LogP contribution >= 0.6 is 0 Å². The number of benzene rings is 8. The summed E-state index contributed by atoms with van der Waals surface area (Å²) in [5.41, 5.74) is 14.8. The van der Waals surface area contributed by atoms with Crippen LogP contribution in [0.3, 0.4) is 0 Å². The van der Waals surface area contributed by atoms with Gasteiger partial charge < -0.3 is 14.1 Å². The summed E-state index contributed by atoms with van der Waals surface area (Å²) in [4.78, 5) is 2.34. The van der Waals surface area contributed by atoms with Crippen LogP contribution < -0.4 is 9.64 Å². The number of hydrogen-bond acceptors (Lipinski definition) is 3. The molecule has 0 fully saturated rings. The molecule has 0 bridgehead atoms. The number of furan rings is 1. The maximum absolute atomic E-state index is 6.35. The highest BCUT2D eigenvalue weighted by Crippen LogP contribution is 2.46. The molecule has 260 valence electrons. The van der Waals surface area contributed by atoms with Gasteiger partial charge >= 0.3 is 0 Å². The summed E-state index contributed by atoms with van der Waals surface area (Å²) in [5, 5.41) is 4.73. The van der Waals surface area contributed by atoms with Crippen LogP contribution in [-0.4, -0.2) is 6.10 Å². The summed E-state index contributed by atoms with van der Waals surface area (Å²) >= 11 is 0. The maximum Gasteiger partial charge on any atom is 0.136 e. The van der Waals surface area contributed by atoms with Gasteiger partial charge in [-0.2, -0.15) is 0 Å². The van der Waals surface area contributed by atoms with E-state index < -0.39 is 0 Å². The molecular formula is C52H35NO2. The Morgan fingerprint density at radius 1 is 0.473 bits per heavy atom. The number of hydrogen-bond donors (Lipinski definition) is 0. The third kappa shape index (κ3) is 5.35. The molecule has 9 aromatic rings. The molecular weight excluding hydrogens is 671 g/mol. The third-order valence-electron chi connectivity index (χ3n) is 11.2. The molecule has 1 aliphatic heterocycles. The van der Waals surface area contributed by atoms with Crippen LogP contribution in [-0.2, 0) is 0 Å².